The van der Waals surface area contributed by atoms with Gasteiger partial charge in [-0.3, -0.25) is 4.79 Å². The summed E-state index contributed by atoms with van der Waals surface area (Å²) in [5.41, 5.74) is -0.434. The summed E-state index contributed by atoms with van der Waals surface area (Å²) in [5.74, 6) is -0.235. The first-order chi connectivity index (χ1) is 9.45. The molecular formula is C14H29O5P. The summed E-state index contributed by atoms with van der Waals surface area (Å²) in [6.45, 7) is 8.87. The molecule has 1 atom stereocenters. The van der Waals surface area contributed by atoms with Crippen LogP contribution in [-0.4, -0.2) is 57.4 Å². The Balaban J connectivity index is 3.19. The van der Waals surface area contributed by atoms with Crippen LogP contribution in [0.4, 0.5) is 0 Å². The fourth-order valence-electron chi connectivity index (χ4n) is 1.28. The molecule has 20 heavy (non-hydrogen) atoms. The molecule has 0 fully saturated rings. The highest BCUT2D eigenvalue weighted by molar-refractivity contribution is 7.16. The number of carbonyl (C=O) groups excluding carboxylic acids is 1. The first kappa shape index (κ1) is 19.8. The Labute approximate surface area is 124 Å². The van der Waals surface area contributed by atoms with Gasteiger partial charge in [-0.2, -0.15) is 0 Å². The van der Waals surface area contributed by atoms with Crippen molar-refractivity contribution in [2.75, 3.05) is 45.8 Å². The molecule has 6 heteroatoms. The molecule has 0 bridgehead atoms. The lowest BCUT2D eigenvalue weighted by Crippen LogP contribution is -2.24. The van der Waals surface area contributed by atoms with Gasteiger partial charge in [-0.1, -0.05) is 0 Å². The fraction of sp³-hybridized carbons (Fsp3) is 0.929. The molecule has 0 aromatic heterocycles. The van der Waals surface area contributed by atoms with Gasteiger partial charge in [0.1, 0.15) is 5.60 Å². The Hall–Kier alpha value is -0.220. The first-order valence-corrected chi connectivity index (χ1v) is 7.92. The molecule has 0 aromatic carbocycles. The number of carbonyl (C=O) groups is 1. The van der Waals surface area contributed by atoms with E-state index in [9.17, 15) is 4.79 Å². The second-order valence-corrected chi connectivity index (χ2v) is 5.89. The van der Waals surface area contributed by atoms with Crippen LogP contribution in [0.2, 0.25) is 0 Å². The van der Waals surface area contributed by atoms with Crippen molar-refractivity contribution in [3.63, 3.8) is 0 Å². The summed E-state index contributed by atoms with van der Waals surface area (Å²) >= 11 is 0. The summed E-state index contributed by atoms with van der Waals surface area (Å²) < 4.78 is 21.1. The summed E-state index contributed by atoms with van der Waals surface area (Å²) in [6, 6.07) is 0. The maximum Gasteiger partial charge on any atom is 0.308 e. The fourth-order valence-corrected chi connectivity index (χ4v) is 1.44. The van der Waals surface area contributed by atoms with E-state index >= 15 is 0 Å². The summed E-state index contributed by atoms with van der Waals surface area (Å²) in [5, 5.41) is 0. The van der Waals surface area contributed by atoms with Crippen LogP contribution in [0, 0.1) is 0 Å². The summed E-state index contributed by atoms with van der Waals surface area (Å²) in [7, 11) is 2.67. The quantitative estimate of drug-likeness (QED) is 0.314. The first-order valence-electron chi connectivity index (χ1n) is 7.11. The molecule has 5 nitrogen and oxygen atoms in total. The van der Waals surface area contributed by atoms with Crippen molar-refractivity contribution in [3.8, 4) is 0 Å². The standard InChI is InChI=1S/C14H29O5P/c1-14(2,3)19-13(15)5-7-17-9-11-18-10-8-16-6-4-12-20/h4-12,20H2,1-3H3. The van der Waals surface area contributed by atoms with E-state index in [0.717, 1.165) is 19.2 Å². The normalized spacial score (nSPS) is 11.6. The van der Waals surface area contributed by atoms with Crippen LogP contribution in [-0.2, 0) is 23.7 Å². The molecule has 0 radical (unpaired) electrons. The van der Waals surface area contributed by atoms with E-state index < -0.39 is 5.60 Å². The minimum Gasteiger partial charge on any atom is -0.460 e. The third kappa shape index (κ3) is 15.8. The van der Waals surface area contributed by atoms with Gasteiger partial charge in [0.05, 0.1) is 39.5 Å². The van der Waals surface area contributed by atoms with Gasteiger partial charge in [0.15, 0.2) is 0 Å². The molecule has 0 spiro atoms. The predicted octanol–water partition coefficient (Wildman–Crippen LogP) is 2.03. The average molecular weight is 308 g/mol. The highest BCUT2D eigenvalue weighted by Crippen LogP contribution is 2.07. The van der Waals surface area contributed by atoms with Crippen molar-refractivity contribution in [1.82, 2.24) is 0 Å². The third-order valence-electron chi connectivity index (χ3n) is 2.11. The van der Waals surface area contributed by atoms with E-state index in [1.165, 1.54) is 0 Å². The highest BCUT2D eigenvalue weighted by atomic mass is 31.0. The van der Waals surface area contributed by atoms with E-state index in [-0.39, 0.29) is 12.4 Å². The maximum absolute atomic E-state index is 11.4. The largest absolute Gasteiger partial charge is 0.460 e. The Morgan fingerprint density at radius 2 is 1.40 bits per heavy atom. The third-order valence-corrected chi connectivity index (χ3v) is 2.52. The van der Waals surface area contributed by atoms with Crippen LogP contribution in [0.25, 0.3) is 0 Å². The zero-order chi connectivity index (χ0) is 15.3. The van der Waals surface area contributed by atoms with Crippen LogP contribution in [0.5, 0.6) is 0 Å². The minimum atomic E-state index is -0.434. The van der Waals surface area contributed by atoms with Gasteiger partial charge in [-0.25, -0.2) is 0 Å². The van der Waals surface area contributed by atoms with Gasteiger partial charge in [-0.15, -0.1) is 9.24 Å². The van der Waals surface area contributed by atoms with Crippen LogP contribution >= 0.6 is 9.24 Å². The van der Waals surface area contributed by atoms with Gasteiger partial charge in [-0.05, 0) is 33.4 Å². The number of ether oxygens (including phenoxy) is 4. The highest BCUT2D eigenvalue weighted by Gasteiger charge is 2.15. The lowest BCUT2D eigenvalue weighted by Gasteiger charge is -2.19. The van der Waals surface area contributed by atoms with Gasteiger partial charge in [0.2, 0.25) is 0 Å². The molecule has 1 unspecified atom stereocenters. The van der Waals surface area contributed by atoms with Gasteiger partial charge in [0, 0.05) is 6.61 Å². The molecule has 0 rings (SSSR count). The average Bonchev–Trinajstić information content (AvgIpc) is 2.34. The topological polar surface area (TPSA) is 54.0 Å². The zero-order valence-electron chi connectivity index (χ0n) is 13.0. The molecule has 0 aliphatic rings. The minimum absolute atomic E-state index is 0.235. The number of hydrogen-bond acceptors (Lipinski definition) is 5. The monoisotopic (exact) mass is 308 g/mol. The molecule has 0 saturated heterocycles. The Morgan fingerprint density at radius 3 is 1.90 bits per heavy atom. The molecule has 0 amide bonds. The van der Waals surface area contributed by atoms with E-state index in [1.807, 2.05) is 20.8 Å². The molecule has 0 heterocycles. The van der Waals surface area contributed by atoms with Gasteiger partial charge in [0.25, 0.3) is 0 Å². The van der Waals surface area contributed by atoms with Crippen LogP contribution in [0.3, 0.4) is 0 Å². The Bertz CT molecular complexity index is 240. The van der Waals surface area contributed by atoms with Crippen LogP contribution in [0.15, 0.2) is 0 Å². The molecule has 0 aromatic rings. The van der Waals surface area contributed by atoms with Crippen LogP contribution in [0.1, 0.15) is 33.6 Å². The molecule has 0 aliphatic carbocycles. The molecule has 0 N–H and O–H groups in total. The second-order valence-electron chi connectivity index (χ2n) is 5.32. The Morgan fingerprint density at radius 1 is 0.900 bits per heavy atom. The van der Waals surface area contributed by atoms with Crippen molar-refractivity contribution in [2.45, 2.75) is 39.2 Å². The number of rotatable bonds is 12. The maximum atomic E-state index is 11.4. The predicted molar refractivity (Wildman–Crippen MR) is 82.1 cm³/mol. The molecule has 0 saturated carbocycles. The smallest absolute Gasteiger partial charge is 0.308 e. The van der Waals surface area contributed by atoms with Gasteiger partial charge < -0.3 is 18.9 Å². The van der Waals surface area contributed by atoms with Crippen molar-refractivity contribution >= 4 is 15.2 Å². The summed E-state index contributed by atoms with van der Waals surface area (Å²) in [6.07, 6.45) is 2.39. The van der Waals surface area contributed by atoms with Crippen molar-refractivity contribution in [1.29, 1.82) is 0 Å². The molecule has 120 valence electrons. The number of hydrogen-bond donors (Lipinski definition) is 0. The van der Waals surface area contributed by atoms with Crippen molar-refractivity contribution < 1.29 is 23.7 Å². The van der Waals surface area contributed by atoms with E-state index in [2.05, 4.69) is 9.24 Å². The van der Waals surface area contributed by atoms with Crippen molar-refractivity contribution in [2.24, 2.45) is 0 Å². The van der Waals surface area contributed by atoms with Gasteiger partial charge >= 0.3 is 5.97 Å². The Kier molecular flexibility index (Phi) is 12.4. The number of esters is 1. The van der Waals surface area contributed by atoms with E-state index in [4.69, 9.17) is 18.9 Å². The van der Waals surface area contributed by atoms with Crippen molar-refractivity contribution in [3.05, 3.63) is 0 Å². The van der Waals surface area contributed by atoms with E-state index in [0.29, 0.717) is 33.0 Å². The lowest BCUT2D eigenvalue weighted by molar-refractivity contribution is -0.156. The van der Waals surface area contributed by atoms with E-state index in [1.54, 1.807) is 0 Å². The summed E-state index contributed by atoms with van der Waals surface area (Å²) in [4.78, 5) is 11.4. The molecular weight excluding hydrogens is 279 g/mol. The zero-order valence-corrected chi connectivity index (χ0v) is 14.1. The second kappa shape index (κ2) is 12.5. The van der Waals surface area contributed by atoms with Crippen LogP contribution < -0.4 is 0 Å². The molecule has 0 aliphatic heterocycles. The SMILES string of the molecule is CC(C)(C)OC(=O)CCOCCOCCOCCCP. The lowest BCUT2D eigenvalue weighted by atomic mass is 10.2.